The third-order valence-corrected chi connectivity index (χ3v) is 3.64. The van der Waals surface area contributed by atoms with E-state index in [2.05, 4.69) is 50.0 Å². The smallest absolute Gasteiger partial charge is 0.236 e. The molecule has 0 spiro atoms. The quantitative estimate of drug-likeness (QED) is 0.797. The van der Waals surface area contributed by atoms with Gasteiger partial charge in [0.2, 0.25) is 5.91 Å². The Labute approximate surface area is 118 Å². The van der Waals surface area contributed by atoms with E-state index in [0.717, 1.165) is 13.1 Å². The Kier molecular flexibility index (Phi) is 6.27. The number of hydrogen-bond donors (Lipinski definition) is 1. The van der Waals surface area contributed by atoms with Crippen LogP contribution in [0.2, 0.25) is 0 Å². The molecule has 4 heteroatoms. The summed E-state index contributed by atoms with van der Waals surface area (Å²) in [5, 5.41) is 3.31. The number of rotatable bonds is 6. The lowest BCUT2D eigenvalue weighted by Gasteiger charge is -2.31. The molecule has 0 heterocycles. The summed E-state index contributed by atoms with van der Waals surface area (Å²) < 4.78 is 0. The Morgan fingerprint density at radius 3 is 2.21 bits per heavy atom. The molecule has 1 saturated carbocycles. The summed E-state index contributed by atoms with van der Waals surface area (Å²) in [7, 11) is 4.12. The van der Waals surface area contributed by atoms with Gasteiger partial charge >= 0.3 is 0 Å². The van der Waals surface area contributed by atoms with Gasteiger partial charge in [-0.2, -0.15) is 0 Å². The largest absolute Gasteiger partial charge is 0.337 e. The first-order valence-corrected chi connectivity index (χ1v) is 7.49. The van der Waals surface area contributed by atoms with Gasteiger partial charge in [0.15, 0.2) is 0 Å². The maximum absolute atomic E-state index is 12.4. The van der Waals surface area contributed by atoms with Crippen molar-refractivity contribution in [3.05, 3.63) is 0 Å². The number of nitrogens with zero attached hydrogens (tertiary/aromatic N) is 2. The highest BCUT2D eigenvalue weighted by molar-refractivity contribution is 5.78. The van der Waals surface area contributed by atoms with Gasteiger partial charge in [-0.25, -0.2) is 0 Å². The first-order valence-electron chi connectivity index (χ1n) is 7.49. The fourth-order valence-electron chi connectivity index (χ4n) is 2.48. The second-order valence-corrected chi connectivity index (χ2v) is 6.93. The van der Waals surface area contributed by atoms with E-state index in [-0.39, 0.29) is 11.4 Å². The van der Waals surface area contributed by atoms with Crippen LogP contribution in [0.1, 0.15) is 46.5 Å². The Bertz CT molecular complexity index is 278. The van der Waals surface area contributed by atoms with Gasteiger partial charge < -0.3 is 15.1 Å². The predicted molar refractivity (Wildman–Crippen MR) is 80.3 cm³/mol. The summed E-state index contributed by atoms with van der Waals surface area (Å²) in [5.74, 6) is 0.253. The van der Waals surface area contributed by atoms with Gasteiger partial charge in [0, 0.05) is 24.7 Å². The summed E-state index contributed by atoms with van der Waals surface area (Å²) in [6.07, 6.45) is 4.88. The SMILES string of the molecule is CN(C)CCN(C(=O)CNC(C)(C)C)C1CCCC1. The molecule has 1 aliphatic carbocycles. The lowest BCUT2D eigenvalue weighted by molar-refractivity contribution is -0.133. The van der Waals surface area contributed by atoms with Crippen molar-refractivity contribution in [2.45, 2.75) is 58.0 Å². The van der Waals surface area contributed by atoms with Crippen molar-refractivity contribution in [2.24, 2.45) is 0 Å². The molecule has 0 aromatic carbocycles. The van der Waals surface area contributed by atoms with Crippen LogP contribution in [0.4, 0.5) is 0 Å². The zero-order chi connectivity index (χ0) is 14.5. The summed E-state index contributed by atoms with van der Waals surface area (Å²) in [4.78, 5) is 16.7. The van der Waals surface area contributed by atoms with E-state index in [1.165, 1.54) is 25.7 Å². The zero-order valence-corrected chi connectivity index (χ0v) is 13.3. The van der Waals surface area contributed by atoms with Crippen molar-refractivity contribution in [3.63, 3.8) is 0 Å². The van der Waals surface area contributed by atoms with E-state index in [1.807, 2.05) is 0 Å². The minimum absolute atomic E-state index is 0.00143. The summed E-state index contributed by atoms with van der Waals surface area (Å²) in [5.41, 5.74) is -0.00143. The van der Waals surface area contributed by atoms with Gasteiger partial charge in [0.25, 0.3) is 0 Å². The first kappa shape index (κ1) is 16.4. The average Bonchev–Trinajstić information content (AvgIpc) is 2.79. The first-order chi connectivity index (χ1) is 8.79. The van der Waals surface area contributed by atoms with Crippen molar-refractivity contribution < 1.29 is 4.79 Å². The average molecular weight is 269 g/mol. The standard InChI is InChI=1S/C15H31N3O/c1-15(2,3)16-12-14(19)18(11-10-17(4)5)13-8-6-7-9-13/h13,16H,6-12H2,1-5H3. The molecule has 1 amide bonds. The molecule has 1 aliphatic rings. The predicted octanol–water partition coefficient (Wildman–Crippen LogP) is 1.71. The van der Waals surface area contributed by atoms with Crippen LogP contribution in [0.5, 0.6) is 0 Å². The van der Waals surface area contributed by atoms with Gasteiger partial charge in [-0.05, 0) is 47.7 Å². The highest BCUT2D eigenvalue weighted by Crippen LogP contribution is 2.23. The fourth-order valence-corrected chi connectivity index (χ4v) is 2.48. The number of amides is 1. The van der Waals surface area contributed by atoms with Gasteiger partial charge in [0.05, 0.1) is 6.54 Å². The van der Waals surface area contributed by atoms with E-state index >= 15 is 0 Å². The molecule has 112 valence electrons. The number of carbonyl (C=O) groups excluding carboxylic acids is 1. The van der Waals surface area contributed by atoms with Crippen LogP contribution >= 0.6 is 0 Å². The van der Waals surface area contributed by atoms with Crippen molar-refractivity contribution in [2.75, 3.05) is 33.7 Å². The molecule has 1 fully saturated rings. The minimum Gasteiger partial charge on any atom is -0.337 e. The van der Waals surface area contributed by atoms with E-state index in [4.69, 9.17) is 0 Å². The van der Waals surface area contributed by atoms with Crippen LogP contribution in [-0.2, 0) is 4.79 Å². The Morgan fingerprint density at radius 1 is 1.16 bits per heavy atom. The fraction of sp³-hybridized carbons (Fsp3) is 0.933. The van der Waals surface area contributed by atoms with E-state index in [1.54, 1.807) is 0 Å². The van der Waals surface area contributed by atoms with E-state index < -0.39 is 0 Å². The third kappa shape index (κ3) is 6.39. The van der Waals surface area contributed by atoms with Gasteiger partial charge in [-0.3, -0.25) is 4.79 Å². The molecular formula is C15H31N3O. The van der Waals surface area contributed by atoms with Crippen molar-refractivity contribution >= 4 is 5.91 Å². The molecule has 0 bridgehead atoms. The zero-order valence-electron chi connectivity index (χ0n) is 13.3. The number of nitrogens with one attached hydrogen (secondary N) is 1. The Morgan fingerprint density at radius 2 is 1.74 bits per heavy atom. The second kappa shape index (κ2) is 7.25. The number of likely N-dealkylation sites (N-methyl/N-ethyl adjacent to an activating group) is 1. The number of hydrogen-bond acceptors (Lipinski definition) is 3. The van der Waals surface area contributed by atoms with Crippen molar-refractivity contribution in [1.29, 1.82) is 0 Å². The molecule has 0 saturated heterocycles. The van der Waals surface area contributed by atoms with Crippen LogP contribution in [0.25, 0.3) is 0 Å². The van der Waals surface area contributed by atoms with Gasteiger partial charge in [-0.1, -0.05) is 12.8 Å². The molecular weight excluding hydrogens is 238 g/mol. The summed E-state index contributed by atoms with van der Waals surface area (Å²) in [6.45, 7) is 8.54. The molecule has 0 atom stereocenters. The lowest BCUT2D eigenvalue weighted by Crippen LogP contribution is -2.49. The van der Waals surface area contributed by atoms with Crippen LogP contribution in [0, 0.1) is 0 Å². The molecule has 0 aromatic heterocycles. The van der Waals surface area contributed by atoms with E-state index in [0.29, 0.717) is 12.6 Å². The van der Waals surface area contributed by atoms with Crippen LogP contribution in [-0.4, -0.2) is 61.0 Å². The molecule has 1 N–H and O–H groups in total. The normalized spacial score (nSPS) is 17.2. The number of carbonyl (C=O) groups is 1. The highest BCUT2D eigenvalue weighted by atomic mass is 16.2. The van der Waals surface area contributed by atoms with Crippen LogP contribution in [0.3, 0.4) is 0 Å². The second-order valence-electron chi connectivity index (χ2n) is 6.93. The molecule has 0 aromatic rings. The third-order valence-electron chi connectivity index (χ3n) is 3.64. The van der Waals surface area contributed by atoms with Gasteiger partial charge in [-0.15, -0.1) is 0 Å². The molecule has 19 heavy (non-hydrogen) atoms. The molecule has 1 rings (SSSR count). The summed E-state index contributed by atoms with van der Waals surface area (Å²) >= 11 is 0. The van der Waals surface area contributed by atoms with Crippen LogP contribution < -0.4 is 5.32 Å². The molecule has 4 nitrogen and oxygen atoms in total. The molecule has 0 aliphatic heterocycles. The van der Waals surface area contributed by atoms with Crippen molar-refractivity contribution in [1.82, 2.24) is 15.1 Å². The maximum atomic E-state index is 12.4. The monoisotopic (exact) mass is 269 g/mol. The van der Waals surface area contributed by atoms with Crippen molar-refractivity contribution in [3.8, 4) is 0 Å². The topological polar surface area (TPSA) is 35.6 Å². The minimum atomic E-state index is -0.00143. The van der Waals surface area contributed by atoms with E-state index in [9.17, 15) is 4.79 Å². The maximum Gasteiger partial charge on any atom is 0.236 e. The van der Waals surface area contributed by atoms with Gasteiger partial charge in [0.1, 0.15) is 0 Å². The highest BCUT2D eigenvalue weighted by Gasteiger charge is 2.26. The van der Waals surface area contributed by atoms with Crippen LogP contribution in [0.15, 0.2) is 0 Å². The lowest BCUT2D eigenvalue weighted by atomic mass is 10.1. The molecule has 0 unspecified atom stereocenters. The Balaban J connectivity index is 2.53. The molecule has 0 radical (unpaired) electrons. The summed E-state index contributed by atoms with van der Waals surface area (Å²) in [6, 6.07) is 0.467. The Hall–Kier alpha value is -0.610.